The molecule has 0 saturated heterocycles. The number of para-hydroxylation sites is 1. The minimum atomic E-state index is -0.319. The van der Waals surface area contributed by atoms with E-state index in [4.69, 9.17) is 11.6 Å². The maximum Gasteiger partial charge on any atom is 0.124 e. The molecule has 19 heavy (non-hydrogen) atoms. The van der Waals surface area contributed by atoms with Crippen molar-refractivity contribution in [3.05, 3.63) is 76.7 Å². The number of fused-ring (bicyclic) bond motifs is 1. The Morgan fingerprint density at radius 2 is 1.84 bits per heavy atom. The van der Waals surface area contributed by atoms with Crippen LogP contribution in [0.4, 0.5) is 4.39 Å². The van der Waals surface area contributed by atoms with Gasteiger partial charge in [0.2, 0.25) is 0 Å². The Labute approximate surface area is 115 Å². The molecule has 3 rings (SSSR count). The van der Waals surface area contributed by atoms with Gasteiger partial charge < -0.3 is 0 Å². The molecule has 0 radical (unpaired) electrons. The zero-order chi connectivity index (χ0) is 13.2. The number of hydrogen-bond acceptors (Lipinski definition) is 1. The summed E-state index contributed by atoms with van der Waals surface area (Å²) in [6.45, 7) is 0. The van der Waals surface area contributed by atoms with Gasteiger partial charge in [-0.2, -0.15) is 0 Å². The average Bonchev–Trinajstić information content (AvgIpc) is 2.42. The van der Waals surface area contributed by atoms with Crippen LogP contribution >= 0.6 is 11.6 Å². The van der Waals surface area contributed by atoms with Crippen LogP contribution in [0.2, 0.25) is 5.02 Å². The van der Waals surface area contributed by atoms with Gasteiger partial charge in [-0.05, 0) is 29.8 Å². The van der Waals surface area contributed by atoms with Gasteiger partial charge in [0.05, 0.1) is 5.52 Å². The molecule has 3 heteroatoms. The van der Waals surface area contributed by atoms with Gasteiger partial charge in [-0.15, -0.1) is 0 Å². The molecule has 1 nitrogen and oxygen atoms in total. The lowest BCUT2D eigenvalue weighted by Crippen LogP contribution is -1.94. The quantitative estimate of drug-likeness (QED) is 0.663. The number of rotatable bonds is 2. The van der Waals surface area contributed by atoms with Gasteiger partial charge >= 0.3 is 0 Å². The molecule has 94 valence electrons. The van der Waals surface area contributed by atoms with E-state index in [1.807, 2.05) is 36.4 Å². The summed E-state index contributed by atoms with van der Waals surface area (Å²) in [7, 11) is 0. The Hall–Kier alpha value is -1.93. The van der Waals surface area contributed by atoms with E-state index >= 15 is 0 Å². The molecule has 0 atom stereocenters. The third-order valence-corrected chi connectivity index (χ3v) is 3.39. The van der Waals surface area contributed by atoms with Crippen LogP contribution in [0, 0.1) is 5.82 Å². The fourth-order valence-corrected chi connectivity index (χ4v) is 2.30. The fraction of sp³-hybridized carbons (Fsp3) is 0.0625. The normalized spacial score (nSPS) is 10.8. The molecule has 0 spiro atoms. The number of aromatic nitrogens is 1. The highest BCUT2D eigenvalue weighted by Crippen LogP contribution is 2.21. The van der Waals surface area contributed by atoms with Crippen molar-refractivity contribution < 1.29 is 4.39 Å². The van der Waals surface area contributed by atoms with Crippen LogP contribution in [0.5, 0.6) is 0 Å². The standard InChI is InChI=1S/C16H11ClFN/c17-15-10-13(18)7-5-12(15)9-14-8-6-11-3-1-2-4-16(11)19-14/h1-8,10H,9H2. The smallest absolute Gasteiger partial charge is 0.124 e. The van der Waals surface area contributed by atoms with E-state index in [1.165, 1.54) is 12.1 Å². The number of nitrogens with zero attached hydrogens (tertiary/aromatic N) is 1. The topological polar surface area (TPSA) is 12.9 Å². The molecule has 1 heterocycles. The molecule has 0 amide bonds. The number of hydrogen-bond donors (Lipinski definition) is 0. The molecule has 0 N–H and O–H groups in total. The van der Waals surface area contributed by atoms with Gasteiger partial charge in [0.25, 0.3) is 0 Å². The predicted molar refractivity (Wildman–Crippen MR) is 76.0 cm³/mol. The van der Waals surface area contributed by atoms with Gasteiger partial charge in [0.15, 0.2) is 0 Å². The van der Waals surface area contributed by atoms with Crippen molar-refractivity contribution in [2.45, 2.75) is 6.42 Å². The number of benzene rings is 2. The Morgan fingerprint density at radius 1 is 1.00 bits per heavy atom. The monoisotopic (exact) mass is 271 g/mol. The van der Waals surface area contributed by atoms with E-state index in [9.17, 15) is 4.39 Å². The Kier molecular flexibility index (Phi) is 3.18. The zero-order valence-electron chi connectivity index (χ0n) is 10.1. The molecular formula is C16H11ClFN. The van der Waals surface area contributed by atoms with E-state index in [0.717, 1.165) is 22.2 Å². The van der Waals surface area contributed by atoms with Gasteiger partial charge in [0, 0.05) is 22.5 Å². The lowest BCUT2D eigenvalue weighted by molar-refractivity contribution is 0.627. The van der Waals surface area contributed by atoms with Crippen LogP contribution in [0.25, 0.3) is 10.9 Å². The first kappa shape index (κ1) is 12.1. The van der Waals surface area contributed by atoms with E-state index in [1.54, 1.807) is 6.07 Å². The second-order valence-electron chi connectivity index (χ2n) is 4.41. The molecule has 1 aromatic heterocycles. The summed E-state index contributed by atoms with van der Waals surface area (Å²) in [5.41, 5.74) is 2.76. The molecule has 0 aliphatic rings. The van der Waals surface area contributed by atoms with Gasteiger partial charge in [-0.1, -0.05) is 41.9 Å². The van der Waals surface area contributed by atoms with Crippen molar-refractivity contribution in [3.8, 4) is 0 Å². The maximum absolute atomic E-state index is 13.0. The van der Waals surface area contributed by atoms with Crippen LogP contribution in [0.1, 0.15) is 11.3 Å². The van der Waals surface area contributed by atoms with E-state index in [-0.39, 0.29) is 5.82 Å². The van der Waals surface area contributed by atoms with Crippen LogP contribution in [0.3, 0.4) is 0 Å². The SMILES string of the molecule is Fc1ccc(Cc2ccc3ccccc3n2)c(Cl)c1. The fourth-order valence-electron chi connectivity index (χ4n) is 2.07. The Morgan fingerprint density at radius 3 is 2.68 bits per heavy atom. The lowest BCUT2D eigenvalue weighted by atomic mass is 10.1. The first-order chi connectivity index (χ1) is 9.22. The minimum Gasteiger partial charge on any atom is -0.252 e. The second kappa shape index (κ2) is 4.98. The Bertz CT molecular complexity index is 740. The van der Waals surface area contributed by atoms with Gasteiger partial charge in [-0.25, -0.2) is 4.39 Å². The summed E-state index contributed by atoms with van der Waals surface area (Å²) in [5.74, 6) is -0.319. The summed E-state index contributed by atoms with van der Waals surface area (Å²) in [5, 5.41) is 1.55. The van der Waals surface area contributed by atoms with E-state index in [0.29, 0.717) is 11.4 Å². The van der Waals surface area contributed by atoms with Crippen LogP contribution in [-0.2, 0) is 6.42 Å². The highest BCUT2D eigenvalue weighted by atomic mass is 35.5. The summed E-state index contributed by atoms with van der Waals surface area (Å²) in [6, 6.07) is 16.4. The predicted octanol–water partition coefficient (Wildman–Crippen LogP) is 4.62. The van der Waals surface area contributed by atoms with Crippen molar-refractivity contribution in [2.75, 3.05) is 0 Å². The molecule has 0 bridgehead atoms. The summed E-state index contributed by atoms with van der Waals surface area (Å²) >= 11 is 6.03. The summed E-state index contributed by atoms with van der Waals surface area (Å²) in [6.07, 6.45) is 0.601. The summed E-state index contributed by atoms with van der Waals surface area (Å²) in [4.78, 5) is 4.58. The lowest BCUT2D eigenvalue weighted by Gasteiger charge is -2.05. The van der Waals surface area contributed by atoms with Crippen LogP contribution in [0.15, 0.2) is 54.6 Å². The van der Waals surface area contributed by atoms with Gasteiger partial charge in [0.1, 0.15) is 5.82 Å². The Balaban J connectivity index is 1.96. The van der Waals surface area contributed by atoms with Crippen LogP contribution in [-0.4, -0.2) is 4.98 Å². The second-order valence-corrected chi connectivity index (χ2v) is 4.81. The molecule has 0 fully saturated rings. The largest absolute Gasteiger partial charge is 0.252 e. The van der Waals surface area contributed by atoms with Crippen molar-refractivity contribution in [1.82, 2.24) is 4.98 Å². The summed E-state index contributed by atoms with van der Waals surface area (Å²) < 4.78 is 13.0. The first-order valence-corrected chi connectivity index (χ1v) is 6.39. The molecule has 0 saturated carbocycles. The third-order valence-electron chi connectivity index (χ3n) is 3.04. The van der Waals surface area contributed by atoms with E-state index in [2.05, 4.69) is 4.98 Å². The molecule has 3 aromatic rings. The van der Waals surface area contributed by atoms with Crippen molar-refractivity contribution in [2.24, 2.45) is 0 Å². The van der Waals surface area contributed by atoms with Crippen molar-refractivity contribution in [3.63, 3.8) is 0 Å². The average molecular weight is 272 g/mol. The molecule has 2 aromatic carbocycles. The molecule has 0 unspecified atom stereocenters. The highest BCUT2D eigenvalue weighted by Gasteiger charge is 2.05. The van der Waals surface area contributed by atoms with Crippen LogP contribution < -0.4 is 0 Å². The number of halogens is 2. The van der Waals surface area contributed by atoms with Gasteiger partial charge in [-0.3, -0.25) is 4.98 Å². The minimum absolute atomic E-state index is 0.319. The molecule has 0 aliphatic heterocycles. The molecular weight excluding hydrogens is 261 g/mol. The number of pyridine rings is 1. The van der Waals surface area contributed by atoms with Crippen molar-refractivity contribution in [1.29, 1.82) is 0 Å². The van der Waals surface area contributed by atoms with Crippen molar-refractivity contribution >= 4 is 22.5 Å². The first-order valence-electron chi connectivity index (χ1n) is 6.01. The van der Waals surface area contributed by atoms with E-state index < -0.39 is 0 Å². The molecule has 0 aliphatic carbocycles. The zero-order valence-corrected chi connectivity index (χ0v) is 10.9. The highest BCUT2D eigenvalue weighted by molar-refractivity contribution is 6.31. The third kappa shape index (κ3) is 2.59. The maximum atomic E-state index is 13.0.